The summed E-state index contributed by atoms with van der Waals surface area (Å²) in [4.78, 5) is 6.72. The zero-order chi connectivity index (χ0) is 13.2. The molecule has 0 radical (unpaired) electrons. The number of hydrogen-bond acceptors (Lipinski definition) is 3. The average molecular weight is 249 g/mol. The van der Waals surface area contributed by atoms with Gasteiger partial charge in [-0.25, -0.2) is 0 Å². The highest BCUT2D eigenvalue weighted by molar-refractivity contribution is 5.45. The van der Waals surface area contributed by atoms with Crippen molar-refractivity contribution in [3.8, 4) is 0 Å². The van der Waals surface area contributed by atoms with Crippen molar-refractivity contribution in [3.63, 3.8) is 0 Å². The maximum Gasteiger partial charge on any atom is 0.0562 e. The van der Waals surface area contributed by atoms with Crippen molar-refractivity contribution in [1.29, 1.82) is 0 Å². The van der Waals surface area contributed by atoms with Crippen molar-refractivity contribution >= 4 is 5.69 Å². The number of nitrogens with one attached hydrogen (secondary N) is 1. The Labute approximate surface area is 112 Å². The average Bonchev–Trinajstić information content (AvgIpc) is 2.39. The molecule has 3 nitrogen and oxygen atoms in total. The molecule has 0 aliphatic heterocycles. The van der Waals surface area contributed by atoms with Gasteiger partial charge in [0, 0.05) is 32.0 Å². The van der Waals surface area contributed by atoms with Crippen molar-refractivity contribution in [2.75, 3.05) is 25.0 Å². The van der Waals surface area contributed by atoms with E-state index in [1.807, 2.05) is 6.20 Å². The van der Waals surface area contributed by atoms with Gasteiger partial charge in [0.25, 0.3) is 0 Å². The van der Waals surface area contributed by atoms with E-state index >= 15 is 0 Å². The highest BCUT2D eigenvalue weighted by Crippen LogP contribution is 2.13. The third-order valence-electron chi connectivity index (χ3n) is 3.07. The van der Waals surface area contributed by atoms with Crippen LogP contribution in [0.3, 0.4) is 0 Å². The van der Waals surface area contributed by atoms with Crippen LogP contribution in [0.2, 0.25) is 0 Å². The van der Waals surface area contributed by atoms with Gasteiger partial charge in [0.1, 0.15) is 0 Å². The lowest BCUT2D eigenvalue weighted by molar-refractivity contribution is 0.663. The van der Waals surface area contributed by atoms with Crippen LogP contribution in [0.5, 0.6) is 0 Å². The number of pyridine rings is 1. The van der Waals surface area contributed by atoms with Crippen LogP contribution >= 0.6 is 0 Å². The second kappa shape index (κ2) is 8.92. The summed E-state index contributed by atoms with van der Waals surface area (Å²) < 4.78 is 0. The largest absolute Gasteiger partial charge is 0.375 e. The van der Waals surface area contributed by atoms with Crippen LogP contribution in [0.1, 0.15) is 45.2 Å². The van der Waals surface area contributed by atoms with E-state index < -0.39 is 0 Å². The molecule has 1 N–H and O–H groups in total. The van der Waals surface area contributed by atoms with Gasteiger partial charge in [-0.3, -0.25) is 4.98 Å². The molecule has 1 rings (SSSR count). The molecule has 0 unspecified atom stereocenters. The Kier molecular flexibility index (Phi) is 7.42. The number of rotatable bonds is 9. The number of nitrogens with zero attached hydrogens (tertiary/aromatic N) is 2. The fourth-order valence-electron chi connectivity index (χ4n) is 1.92. The summed E-state index contributed by atoms with van der Waals surface area (Å²) in [6.45, 7) is 7.46. The molecule has 1 aromatic rings. The van der Waals surface area contributed by atoms with E-state index in [-0.39, 0.29) is 0 Å². The molecule has 0 saturated carbocycles. The smallest absolute Gasteiger partial charge is 0.0562 e. The minimum Gasteiger partial charge on any atom is -0.375 e. The number of hydrogen-bond donors (Lipinski definition) is 1. The predicted molar refractivity (Wildman–Crippen MR) is 79.0 cm³/mol. The molecule has 0 bridgehead atoms. The lowest BCUT2D eigenvalue weighted by Gasteiger charge is -2.19. The van der Waals surface area contributed by atoms with Crippen LogP contribution in [-0.4, -0.2) is 25.1 Å². The van der Waals surface area contributed by atoms with E-state index in [2.05, 4.69) is 48.2 Å². The van der Waals surface area contributed by atoms with E-state index in [4.69, 9.17) is 0 Å². The molecule has 18 heavy (non-hydrogen) atoms. The SMILES string of the molecule is CCCCCN(C)c1ccnc(CNCCC)c1. The van der Waals surface area contributed by atoms with E-state index in [9.17, 15) is 0 Å². The molecular weight excluding hydrogens is 222 g/mol. The van der Waals surface area contributed by atoms with Gasteiger partial charge in [-0.2, -0.15) is 0 Å². The number of anilines is 1. The summed E-state index contributed by atoms with van der Waals surface area (Å²) >= 11 is 0. The summed E-state index contributed by atoms with van der Waals surface area (Å²) in [6, 6.07) is 4.28. The first-order valence-electron chi connectivity index (χ1n) is 7.14. The molecule has 0 aromatic carbocycles. The fraction of sp³-hybridized carbons (Fsp3) is 0.667. The topological polar surface area (TPSA) is 28.2 Å². The zero-order valence-electron chi connectivity index (χ0n) is 12.1. The van der Waals surface area contributed by atoms with Crippen molar-refractivity contribution in [1.82, 2.24) is 10.3 Å². The Hall–Kier alpha value is -1.09. The summed E-state index contributed by atoms with van der Waals surface area (Å²) in [5.74, 6) is 0. The minimum absolute atomic E-state index is 0.866. The summed E-state index contributed by atoms with van der Waals surface area (Å²) in [6.07, 6.45) is 6.92. The third kappa shape index (κ3) is 5.50. The summed E-state index contributed by atoms with van der Waals surface area (Å²) in [5.41, 5.74) is 2.40. The second-order valence-electron chi connectivity index (χ2n) is 4.81. The number of unbranched alkanes of at least 4 members (excludes halogenated alkanes) is 2. The molecule has 0 aliphatic carbocycles. The second-order valence-corrected chi connectivity index (χ2v) is 4.81. The molecule has 102 valence electrons. The Bertz CT molecular complexity index is 325. The van der Waals surface area contributed by atoms with Crippen molar-refractivity contribution in [2.45, 2.75) is 46.1 Å². The first-order valence-corrected chi connectivity index (χ1v) is 7.14. The van der Waals surface area contributed by atoms with E-state index in [0.29, 0.717) is 0 Å². The summed E-state index contributed by atoms with van der Waals surface area (Å²) in [5, 5.41) is 3.39. The van der Waals surface area contributed by atoms with Crippen LogP contribution < -0.4 is 10.2 Å². The highest BCUT2D eigenvalue weighted by atomic mass is 15.1. The highest BCUT2D eigenvalue weighted by Gasteiger charge is 2.02. The molecule has 0 aliphatic rings. The molecule has 0 saturated heterocycles. The Morgan fingerprint density at radius 3 is 2.78 bits per heavy atom. The predicted octanol–water partition coefficient (Wildman–Crippen LogP) is 3.21. The molecule has 0 fully saturated rings. The Morgan fingerprint density at radius 1 is 1.22 bits per heavy atom. The van der Waals surface area contributed by atoms with Crippen molar-refractivity contribution < 1.29 is 0 Å². The van der Waals surface area contributed by atoms with Gasteiger partial charge >= 0.3 is 0 Å². The fourth-order valence-corrected chi connectivity index (χ4v) is 1.92. The molecule has 1 aromatic heterocycles. The quantitative estimate of drug-likeness (QED) is 0.681. The molecule has 0 atom stereocenters. The van der Waals surface area contributed by atoms with Gasteiger partial charge in [-0.15, -0.1) is 0 Å². The van der Waals surface area contributed by atoms with Gasteiger partial charge in [0.05, 0.1) is 5.69 Å². The van der Waals surface area contributed by atoms with E-state index in [0.717, 1.165) is 31.7 Å². The molecule has 3 heteroatoms. The zero-order valence-corrected chi connectivity index (χ0v) is 12.1. The van der Waals surface area contributed by atoms with Gasteiger partial charge in [0.2, 0.25) is 0 Å². The van der Waals surface area contributed by atoms with E-state index in [1.165, 1.54) is 24.9 Å². The maximum atomic E-state index is 4.40. The standard InChI is InChI=1S/C15H27N3/c1-4-6-7-11-18(3)15-8-10-17-14(12-15)13-16-9-5-2/h8,10,12,16H,4-7,9,11,13H2,1-3H3. The Morgan fingerprint density at radius 2 is 2.06 bits per heavy atom. The minimum atomic E-state index is 0.866. The van der Waals surface area contributed by atoms with Gasteiger partial charge in [-0.1, -0.05) is 26.7 Å². The van der Waals surface area contributed by atoms with Gasteiger partial charge in [0.15, 0.2) is 0 Å². The Balaban J connectivity index is 2.47. The van der Waals surface area contributed by atoms with Crippen LogP contribution in [0.25, 0.3) is 0 Å². The van der Waals surface area contributed by atoms with Gasteiger partial charge in [-0.05, 0) is 31.5 Å². The maximum absolute atomic E-state index is 4.40. The van der Waals surface area contributed by atoms with Crippen molar-refractivity contribution in [3.05, 3.63) is 24.0 Å². The third-order valence-corrected chi connectivity index (χ3v) is 3.07. The molecular formula is C15H27N3. The monoisotopic (exact) mass is 249 g/mol. The first-order chi connectivity index (χ1) is 8.77. The molecule has 0 spiro atoms. The van der Waals surface area contributed by atoms with Crippen LogP contribution in [0.4, 0.5) is 5.69 Å². The van der Waals surface area contributed by atoms with Gasteiger partial charge < -0.3 is 10.2 Å². The lowest BCUT2D eigenvalue weighted by Crippen LogP contribution is -2.19. The molecule has 0 amide bonds. The number of aromatic nitrogens is 1. The van der Waals surface area contributed by atoms with Crippen LogP contribution in [0, 0.1) is 0 Å². The first kappa shape index (κ1) is 15.0. The summed E-state index contributed by atoms with van der Waals surface area (Å²) in [7, 11) is 2.16. The molecule has 1 heterocycles. The van der Waals surface area contributed by atoms with Crippen LogP contribution in [0.15, 0.2) is 18.3 Å². The van der Waals surface area contributed by atoms with Crippen molar-refractivity contribution in [2.24, 2.45) is 0 Å². The normalized spacial score (nSPS) is 10.6. The van der Waals surface area contributed by atoms with E-state index in [1.54, 1.807) is 0 Å². The van der Waals surface area contributed by atoms with Crippen LogP contribution in [-0.2, 0) is 6.54 Å². The lowest BCUT2D eigenvalue weighted by atomic mass is 10.2.